The first-order valence-corrected chi connectivity index (χ1v) is 6.60. The van der Waals surface area contributed by atoms with Gasteiger partial charge in [-0.15, -0.1) is 11.6 Å². The molecule has 90 valence electrons. The van der Waals surface area contributed by atoms with Crippen LogP contribution in [0.5, 0.6) is 11.5 Å². The number of alkyl halides is 1. The number of methoxy groups -OCH3 is 1. The minimum Gasteiger partial charge on any atom is -0.497 e. The van der Waals surface area contributed by atoms with Crippen molar-refractivity contribution in [2.24, 2.45) is 0 Å². The molecule has 0 fully saturated rings. The van der Waals surface area contributed by atoms with Crippen molar-refractivity contribution in [1.82, 2.24) is 0 Å². The normalized spacial score (nSPS) is 12.3. The molecule has 1 rings (SSSR count). The van der Waals surface area contributed by atoms with E-state index in [0.29, 0.717) is 11.5 Å². The fourth-order valence-electron chi connectivity index (χ4n) is 1.02. The minimum atomic E-state index is -0.678. The first kappa shape index (κ1) is 14.1. The van der Waals surface area contributed by atoms with Gasteiger partial charge in [-0.25, -0.2) is 0 Å². The lowest BCUT2D eigenvalue weighted by atomic mass is 10.3. The molecule has 0 aliphatic heterocycles. The van der Waals surface area contributed by atoms with Crippen LogP contribution in [-0.2, 0) is 0 Å². The van der Waals surface area contributed by atoms with Gasteiger partial charge in [-0.2, -0.15) is 0 Å². The molecule has 0 aromatic heterocycles. The zero-order valence-corrected chi connectivity index (χ0v) is 12.5. The van der Waals surface area contributed by atoms with Crippen LogP contribution in [0.25, 0.3) is 0 Å². The van der Waals surface area contributed by atoms with Gasteiger partial charge in [0.1, 0.15) is 24.2 Å². The summed E-state index contributed by atoms with van der Waals surface area (Å²) in [5, 5.41) is 9.29. The van der Waals surface area contributed by atoms with E-state index in [9.17, 15) is 5.11 Å². The van der Waals surface area contributed by atoms with Crippen LogP contribution in [0, 0.1) is 0 Å². The summed E-state index contributed by atoms with van der Waals surface area (Å²) >= 11 is 12.2. The number of rotatable bonds is 5. The van der Waals surface area contributed by atoms with Crippen molar-refractivity contribution in [2.45, 2.75) is 6.10 Å². The maximum atomic E-state index is 9.29. The highest BCUT2D eigenvalue weighted by atomic mass is 79.9. The van der Waals surface area contributed by atoms with Crippen molar-refractivity contribution >= 4 is 43.5 Å². The molecule has 0 heterocycles. The Morgan fingerprint density at radius 2 is 1.94 bits per heavy atom. The summed E-state index contributed by atoms with van der Waals surface area (Å²) in [6, 6.07) is 3.57. The van der Waals surface area contributed by atoms with Crippen molar-refractivity contribution in [2.75, 3.05) is 19.6 Å². The van der Waals surface area contributed by atoms with Gasteiger partial charge in [0.25, 0.3) is 0 Å². The lowest BCUT2D eigenvalue weighted by molar-refractivity contribution is 0.124. The minimum absolute atomic E-state index is 0.144. The molecular formula is C10H11Br2ClO3. The van der Waals surface area contributed by atoms with Gasteiger partial charge in [-0.1, -0.05) is 0 Å². The quantitative estimate of drug-likeness (QED) is 0.805. The Kier molecular flexibility index (Phi) is 5.89. The molecule has 3 nitrogen and oxygen atoms in total. The summed E-state index contributed by atoms with van der Waals surface area (Å²) in [7, 11) is 1.59. The Labute approximate surface area is 116 Å². The van der Waals surface area contributed by atoms with Crippen molar-refractivity contribution in [1.29, 1.82) is 0 Å². The summed E-state index contributed by atoms with van der Waals surface area (Å²) in [5.41, 5.74) is 0. The second-order valence-corrected chi connectivity index (χ2v) is 5.06. The highest BCUT2D eigenvalue weighted by Gasteiger charge is 2.11. The average molecular weight is 374 g/mol. The molecule has 6 heteroatoms. The fourth-order valence-corrected chi connectivity index (χ4v) is 2.48. The summed E-state index contributed by atoms with van der Waals surface area (Å²) < 4.78 is 12.0. The van der Waals surface area contributed by atoms with Gasteiger partial charge in [0.2, 0.25) is 0 Å². The largest absolute Gasteiger partial charge is 0.497 e. The molecular weight excluding hydrogens is 363 g/mol. The highest BCUT2D eigenvalue weighted by molar-refractivity contribution is 9.11. The fraction of sp³-hybridized carbons (Fsp3) is 0.400. The van der Waals surface area contributed by atoms with E-state index in [4.69, 9.17) is 21.1 Å². The number of hydrogen-bond donors (Lipinski definition) is 1. The van der Waals surface area contributed by atoms with Crippen LogP contribution >= 0.6 is 43.5 Å². The van der Waals surface area contributed by atoms with Crippen LogP contribution < -0.4 is 9.47 Å². The molecule has 0 aliphatic carbocycles. The second kappa shape index (κ2) is 6.69. The third-order valence-electron chi connectivity index (χ3n) is 1.81. The molecule has 1 N–H and O–H groups in total. The molecule has 1 unspecified atom stereocenters. The van der Waals surface area contributed by atoms with Crippen LogP contribution in [0.15, 0.2) is 21.1 Å². The molecule has 16 heavy (non-hydrogen) atoms. The van der Waals surface area contributed by atoms with E-state index < -0.39 is 6.10 Å². The molecule has 0 bridgehead atoms. The van der Waals surface area contributed by atoms with Crippen LogP contribution in [0.4, 0.5) is 0 Å². The molecule has 0 saturated heterocycles. The van der Waals surface area contributed by atoms with Gasteiger partial charge >= 0.3 is 0 Å². The van der Waals surface area contributed by atoms with Gasteiger partial charge in [0, 0.05) is 0 Å². The lowest BCUT2D eigenvalue weighted by Crippen LogP contribution is -2.19. The third kappa shape index (κ3) is 3.80. The Morgan fingerprint density at radius 3 is 2.38 bits per heavy atom. The van der Waals surface area contributed by atoms with Crippen molar-refractivity contribution < 1.29 is 14.6 Å². The van der Waals surface area contributed by atoms with Crippen LogP contribution in [0.1, 0.15) is 0 Å². The summed E-state index contributed by atoms with van der Waals surface area (Å²) in [5.74, 6) is 1.47. The molecule has 1 aromatic carbocycles. The second-order valence-electron chi connectivity index (χ2n) is 3.04. The number of hydrogen-bond acceptors (Lipinski definition) is 3. The monoisotopic (exact) mass is 372 g/mol. The topological polar surface area (TPSA) is 38.7 Å². The zero-order chi connectivity index (χ0) is 12.1. The Balaban J connectivity index is 2.80. The molecule has 0 aliphatic rings. The summed E-state index contributed by atoms with van der Waals surface area (Å²) in [6.07, 6.45) is -0.678. The standard InChI is InChI=1S/C10H11Br2ClO3/c1-15-7-2-8(11)10(9(12)3-7)16-5-6(14)4-13/h2-3,6,14H,4-5H2,1H3. The lowest BCUT2D eigenvalue weighted by Gasteiger charge is -2.13. The van der Waals surface area contributed by atoms with Crippen molar-refractivity contribution in [3.63, 3.8) is 0 Å². The van der Waals surface area contributed by atoms with Gasteiger partial charge in [0.15, 0.2) is 0 Å². The van der Waals surface area contributed by atoms with Gasteiger partial charge in [-0.05, 0) is 44.0 Å². The van der Waals surface area contributed by atoms with E-state index in [1.165, 1.54) is 0 Å². The van der Waals surface area contributed by atoms with E-state index in [0.717, 1.165) is 8.95 Å². The number of halogens is 3. The smallest absolute Gasteiger partial charge is 0.148 e. The van der Waals surface area contributed by atoms with Gasteiger partial charge in [0.05, 0.1) is 21.9 Å². The number of aliphatic hydroxyl groups is 1. The summed E-state index contributed by atoms with van der Waals surface area (Å²) in [4.78, 5) is 0. The summed E-state index contributed by atoms with van der Waals surface area (Å²) in [6.45, 7) is 0.146. The van der Waals surface area contributed by atoms with E-state index in [2.05, 4.69) is 31.9 Å². The number of aliphatic hydroxyl groups excluding tert-OH is 1. The molecule has 0 spiro atoms. The van der Waals surface area contributed by atoms with E-state index >= 15 is 0 Å². The molecule has 1 atom stereocenters. The first-order chi connectivity index (χ1) is 7.58. The number of ether oxygens (including phenoxy) is 2. The zero-order valence-electron chi connectivity index (χ0n) is 8.54. The van der Waals surface area contributed by atoms with Crippen LogP contribution in [-0.4, -0.2) is 30.8 Å². The molecule has 0 saturated carbocycles. The highest BCUT2D eigenvalue weighted by Crippen LogP contribution is 2.37. The van der Waals surface area contributed by atoms with Crippen LogP contribution in [0.3, 0.4) is 0 Å². The van der Waals surface area contributed by atoms with E-state index in [1.807, 2.05) is 0 Å². The third-order valence-corrected chi connectivity index (χ3v) is 3.34. The molecule has 0 radical (unpaired) electrons. The maximum absolute atomic E-state index is 9.29. The van der Waals surface area contributed by atoms with Gasteiger partial charge < -0.3 is 14.6 Å². The van der Waals surface area contributed by atoms with E-state index in [1.54, 1.807) is 19.2 Å². The van der Waals surface area contributed by atoms with Gasteiger partial charge in [-0.3, -0.25) is 0 Å². The Hall–Kier alpha value is 0.0300. The average Bonchev–Trinajstić information content (AvgIpc) is 2.27. The molecule has 1 aromatic rings. The predicted octanol–water partition coefficient (Wildman–Crippen LogP) is 3.20. The van der Waals surface area contributed by atoms with E-state index in [-0.39, 0.29) is 12.5 Å². The van der Waals surface area contributed by atoms with Crippen LogP contribution in [0.2, 0.25) is 0 Å². The maximum Gasteiger partial charge on any atom is 0.148 e. The Morgan fingerprint density at radius 1 is 1.38 bits per heavy atom. The molecule has 0 amide bonds. The number of benzene rings is 1. The Bertz CT molecular complexity index is 337. The van der Waals surface area contributed by atoms with Crippen molar-refractivity contribution in [3.05, 3.63) is 21.1 Å². The SMILES string of the molecule is COc1cc(Br)c(OCC(O)CCl)c(Br)c1. The van der Waals surface area contributed by atoms with Crippen molar-refractivity contribution in [3.8, 4) is 11.5 Å². The first-order valence-electron chi connectivity index (χ1n) is 4.48. The predicted molar refractivity (Wildman–Crippen MR) is 70.6 cm³/mol.